The monoisotopic (exact) mass is 422 g/mol. The molecule has 164 valence electrons. The van der Waals surface area contributed by atoms with Crippen LogP contribution in [0.15, 0.2) is 48.5 Å². The topological polar surface area (TPSA) is 56.6 Å². The highest BCUT2D eigenvalue weighted by Crippen LogP contribution is 2.25. The third-order valence-corrected chi connectivity index (χ3v) is 6.32. The molecule has 0 spiro atoms. The van der Waals surface area contributed by atoms with E-state index in [1.54, 1.807) is 0 Å². The van der Waals surface area contributed by atoms with Gasteiger partial charge in [-0.05, 0) is 41.8 Å². The molecule has 4 atom stereocenters. The number of nitrogens with zero attached hydrogens (tertiary/aromatic N) is 2. The van der Waals surface area contributed by atoms with E-state index in [1.807, 2.05) is 0 Å². The van der Waals surface area contributed by atoms with Gasteiger partial charge in [-0.25, -0.2) is 0 Å². The van der Waals surface area contributed by atoms with Crippen LogP contribution in [0.3, 0.4) is 0 Å². The molecule has 0 radical (unpaired) electrons. The standard InChI is InChI=1S/C25H30N2O4/c1-5-20(26(10-22-14-28-22)11-23-15-29-23)6-2-18(1)9-19-3-7-21(8-4-19)27(12-24-16-30-24)13-25-17-31-25/h1-8,22-25H,9-17H2/t22-,23-,24-,25-/m1/s1. The minimum atomic E-state index is 0.384. The van der Waals surface area contributed by atoms with Gasteiger partial charge in [-0.3, -0.25) is 0 Å². The average molecular weight is 423 g/mol. The fourth-order valence-electron chi connectivity index (χ4n) is 4.13. The van der Waals surface area contributed by atoms with Crippen molar-refractivity contribution < 1.29 is 18.9 Å². The molecule has 4 fully saturated rings. The molecule has 6 heteroatoms. The Morgan fingerprint density at radius 1 is 0.516 bits per heavy atom. The fourth-order valence-corrected chi connectivity index (χ4v) is 4.13. The average Bonchev–Trinajstić information content (AvgIpc) is 3.63. The smallest absolute Gasteiger partial charge is 0.0984 e. The van der Waals surface area contributed by atoms with Crippen LogP contribution in [0.25, 0.3) is 0 Å². The van der Waals surface area contributed by atoms with Crippen molar-refractivity contribution in [3.8, 4) is 0 Å². The zero-order chi connectivity index (χ0) is 20.6. The van der Waals surface area contributed by atoms with Crippen molar-refractivity contribution in [1.29, 1.82) is 0 Å². The first-order chi connectivity index (χ1) is 15.3. The van der Waals surface area contributed by atoms with Crippen molar-refractivity contribution in [2.75, 3.05) is 62.4 Å². The number of benzene rings is 2. The number of ether oxygens (including phenoxy) is 4. The molecule has 4 heterocycles. The second kappa shape index (κ2) is 8.43. The highest BCUT2D eigenvalue weighted by molar-refractivity contribution is 5.51. The molecule has 2 aromatic carbocycles. The predicted molar refractivity (Wildman–Crippen MR) is 119 cm³/mol. The van der Waals surface area contributed by atoms with E-state index in [9.17, 15) is 0 Å². The van der Waals surface area contributed by atoms with E-state index in [2.05, 4.69) is 58.3 Å². The molecule has 6 rings (SSSR count). The Bertz CT molecular complexity index is 770. The molecule has 0 aromatic heterocycles. The SMILES string of the molecule is c1cc(N(C[C@@H]2CO2)C[C@@H]2CO2)ccc1Cc1ccc(N(C[C@@H]2CO2)C[C@@H]2CO2)cc1. The second-order valence-corrected chi connectivity index (χ2v) is 9.14. The van der Waals surface area contributed by atoms with Crippen LogP contribution in [-0.4, -0.2) is 77.0 Å². The van der Waals surface area contributed by atoms with Gasteiger partial charge in [0.25, 0.3) is 0 Å². The summed E-state index contributed by atoms with van der Waals surface area (Å²) in [6.07, 6.45) is 2.48. The second-order valence-electron chi connectivity index (χ2n) is 9.14. The Kier molecular flexibility index (Phi) is 5.32. The number of hydrogen-bond acceptors (Lipinski definition) is 6. The molecule has 4 aliphatic rings. The summed E-state index contributed by atoms with van der Waals surface area (Å²) in [6, 6.07) is 17.9. The van der Waals surface area contributed by atoms with Crippen LogP contribution in [0.5, 0.6) is 0 Å². The molecule has 0 N–H and O–H groups in total. The maximum Gasteiger partial charge on any atom is 0.0984 e. The van der Waals surface area contributed by atoms with E-state index in [1.165, 1.54) is 22.5 Å². The van der Waals surface area contributed by atoms with Gasteiger partial charge in [-0.2, -0.15) is 0 Å². The van der Waals surface area contributed by atoms with Gasteiger partial charge in [0.2, 0.25) is 0 Å². The third kappa shape index (κ3) is 5.57. The fraction of sp³-hybridized carbons (Fsp3) is 0.520. The van der Waals surface area contributed by atoms with Gasteiger partial charge in [0.05, 0.1) is 50.8 Å². The Labute approximate surface area is 183 Å². The van der Waals surface area contributed by atoms with Gasteiger partial charge in [0.15, 0.2) is 0 Å². The van der Waals surface area contributed by atoms with Crippen LogP contribution in [0.4, 0.5) is 11.4 Å². The Balaban J connectivity index is 1.08. The zero-order valence-corrected chi connectivity index (χ0v) is 17.8. The summed E-state index contributed by atoms with van der Waals surface area (Å²) < 4.78 is 21.8. The van der Waals surface area contributed by atoms with Crippen molar-refractivity contribution in [2.24, 2.45) is 0 Å². The third-order valence-electron chi connectivity index (χ3n) is 6.32. The van der Waals surface area contributed by atoms with E-state index < -0.39 is 0 Å². The largest absolute Gasteiger partial charge is 0.371 e. The molecule has 6 nitrogen and oxygen atoms in total. The van der Waals surface area contributed by atoms with Gasteiger partial charge >= 0.3 is 0 Å². The first kappa shape index (κ1) is 19.6. The molecule has 2 aromatic rings. The highest BCUT2D eigenvalue weighted by Gasteiger charge is 2.32. The molecule has 0 aliphatic carbocycles. The minimum absolute atomic E-state index is 0.384. The molecular formula is C25H30N2O4. The van der Waals surface area contributed by atoms with Crippen molar-refractivity contribution in [3.63, 3.8) is 0 Å². The predicted octanol–water partition coefficient (Wildman–Crippen LogP) is 2.49. The molecule has 0 saturated carbocycles. The van der Waals surface area contributed by atoms with Gasteiger partial charge in [0, 0.05) is 37.6 Å². The lowest BCUT2D eigenvalue weighted by atomic mass is 10.0. The lowest BCUT2D eigenvalue weighted by molar-refractivity contribution is 0.388. The molecule has 31 heavy (non-hydrogen) atoms. The Hall–Kier alpha value is -2.12. The molecule has 4 aliphatic heterocycles. The zero-order valence-electron chi connectivity index (χ0n) is 17.8. The summed E-state index contributed by atoms with van der Waals surface area (Å²) in [4.78, 5) is 4.80. The summed E-state index contributed by atoms with van der Waals surface area (Å²) in [5.41, 5.74) is 5.17. The van der Waals surface area contributed by atoms with Crippen molar-refractivity contribution in [3.05, 3.63) is 59.7 Å². The first-order valence-electron chi connectivity index (χ1n) is 11.4. The van der Waals surface area contributed by atoms with Crippen molar-refractivity contribution in [1.82, 2.24) is 0 Å². The molecule has 0 bridgehead atoms. The summed E-state index contributed by atoms with van der Waals surface area (Å²) in [6.45, 7) is 7.35. The number of rotatable bonds is 12. The Morgan fingerprint density at radius 2 is 0.806 bits per heavy atom. The van der Waals surface area contributed by atoms with E-state index in [0.29, 0.717) is 24.4 Å². The lowest BCUT2D eigenvalue weighted by Crippen LogP contribution is -2.31. The molecule has 0 amide bonds. The van der Waals surface area contributed by atoms with Gasteiger partial charge in [-0.15, -0.1) is 0 Å². The van der Waals surface area contributed by atoms with Crippen LogP contribution < -0.4 is 9.80 Å². The maximum atomic E-state index is 5.44. The van der Waals surface area contributed by atoms with Gasteiger partial charge in [-0.1, -0.05) is 24.3 Å². The number of epoxide rings is 4. The van der Waals surface area contributed by atoms with Gasteiger partial charge in [0.1, 0.15) is 0 Å². The Morgan fingerprint density at radius 3 is 1.06 bits per heavy atom. The van der Waals surface area contributed by atoms with E-state index in [4.69, 9.17) is 18.9 Å². The molecular weight excluding hydrogens is 392 g/mol. The van der Waals surface area contributed by atoms with E-state index in [-0.39, 0.29) is 0 Å². The highest BCUT2D eigenvalue weighted by atomic mass is 16.6. The van der Waals surface area contributed by atoms with Crippen LogP contribution in [-0.2, 0) is 25.4 Å². The summed E-state index contributed by atoms with van der Waals surface area (Å²) >= 11 is 0. The summed E-state index contributed by atoms with van der Waals surface area (Å²) in [5, 5.41) is 0. The van der Waals surface area contributed by atoms with Crippen molar-refractivity contribution in [2.45, 2.75) is 30.8 Å². The van der Waals surface area contributed by atoms with Crippen LogP contribution >= 0.6 is 0 Å². The molecule has 4 saturated heterocycles. The van der Waals surface area contributed by atoms with Crippen LogP contribution in [0, 0.1) is 0 Å². The van der Waals surface area contributed by atoms with E-state index in [0.717, 1.165) is 59.0 Å². The lowest BCUT2D eigenvalue weighted by Gasteiger charge is -2.24. The summed E-state index contributed by atoms with van der Waals surface area (Å²) in [7, 11) is 0. The number of anilines is 2. The number of hydrogen-bond donors (Lipinski definition) is 0. The maximum absolute atomic E-state index is 5.44. The van der Waals surface area contributed by atoms with Crippen LogP contribution in [0.1, 0.15) is 11.1 Å². The van der Waals surface area contributed by atoms with Gasteiger partial charge < -0.3 is 28.7 Å². The normalized spacial score (nSPS) is 27.6. The van der Waals surface area contributed by atoms with Crippen LogP contribution in [0.2, 0.25) is 0 Å². The first-order valence-corrected chi connectivity index (χ1v) is 11.4. The quantitative estimate of drug-likeness (QED) is 0.490. The molecule has 0 unspecified atom stereocenters. The van der Waals surface area contributed by atoms with E-state index >= 15 is 0 Å². The summed E-state index contributed by atoms with van der Waals surface area (Å²) in [5.74, 6) is 0. The minimum Gasteiger partial charge on any atom is -0.371 e. The van der Waals surface area contributed by atoms with Crippen molar-refractivity contribution >= 4 is 11.4 Å².